The number of hydrogen-bond acceptors (Lipinski definition) is 3. The minimum atomic E-state index is 0.154. The van der Waals surface area contributed by atoms with E-state index in [4.69, 9.17) is 9.47 Å². The van der Waals surface area contributed by atoms with Gasteiger partial charge in [-0.1, -0.05) is 15.9 Å². The van der Waals surface area contributed by atoms with Crippen LogP contribution >= 0.6 is 15.9 Å². The molecule has 0 spiro atoms. The number of anilines is 1. The van der Waals surface area contributed by atoms with E-state index in [0.29, 0.717) is 13.2 Å². The van der Waals surface area contributed by atoms with Crippen molar-refractivity contribution in [3.63, 3.8) is 0 Å². The van der Waals surface area contributed by atoms with Crippen LogP contribution in [0.3, 0.4) is 0 Å². The van der Waals surface area contributed by atoms with E-state index in [9.17, 15) is 0 Å². The molecule has 0 heterocycles. The first-order valence-corrected chi connectivity index (χ1v) is 6.70. The van der Waals surface area contributed by atoms with Crippen LogP contribution in [0.4, 0.5) is 5.69 Å². The average Bonchev–Trinajstić information content (AvgIpc) is 2.34. The number of halogens is 1. The molecular formula is C13H20BrNO2. The Morgan fingerprint density at radius 3 is 2.65 bits per heavy atom. The number of nitrogens with one attached hydrogen (secondary N) is 1. The molecule has 17 heavy (non-hydrogen) atoms. The highest BCUT2D eigenvalue weighted by Crippen LogP contribution is 2.13. The summed E-state index contributed by atoms with van der Waals surface area (Å²) >= 11 is 3.40. The molecule has 1 unspecified atom stereocenters. The van der Waals surface area contributed by atoms with Crippen LogP contribution in [0.25, 0.3) is 0 Å². The molecule has 0 bridgehead atoms. The number of ether oxygens (including phenoxy) is 2. The lowest BCUT2D eigenvalue weighted by atomic mass is 10.3. The fraction of sp³-hybridized carbons (Fsp3) is 0.538. The normalized spacial score (nSPS) is 12.4. The molecule has 0 radical (unpaired) electrons. The van der Waals surface area contributed by atoms with E-state index in [1.807, 2.05) is 38.1 Å². The van der Waals surface area contributed by atoms with Gasteiger partial charge in [0, 0.05) is 23.3 Å². The highest BCUT2D eigenvalue weighted by atomic mass is 79.9. The van der Waals surface area contributed by atoms with Crippen LogP contribution in [-0.2, 0) is 9.47 Å². The molecule has 96 valence electrons. The van der Waals surface area contributed by atoms with E-state index < -0.39 is 0 Å². The van der Waals surface area contributed by atoms with Crippen LogP contribution < -0.4 is 5.32 Å². The third-order valence-electron chi connectivity index (χ3n) is 2.23. The number of rotatable bonds is 8. The van der Waals surface area contributed by atoms with Gasteiger partial charge in [0.25, 0.3) is 0 Å². The summed E-state index contributed by atoms with van der Waals surface area (Å²) < 4.78 is 12.0. The Bertz CT molecular complexity index is 303. The first-order chi connectivity index (χ1) is 8.22. The van der Waals surface area contributed by atoms with Crippen LogP contribution in [0.2, 0.25) is 0 Å². The van der Waals surface area contributed by atoms with Gasteiger partial charge in [0.05, 0.1) is 19.3 Å². The van der Waals surface area contributed by atoms with Crippen LogP contribution in [0.15, 0.2) is 28.7 Å². The second kappa shape index (κ2) is 8.50. The maximum absolute atomic E-state index is 5.59. The summed E-state index contributed by atoms with van der Waals surface area (Å²) in [4.78, 5) is 0. The van der Waals surface area contributed by atoms with E-state index in [1.54, 1.807) is 0 Å². The van der Waals surface area contributed by atoms with Crippen molar-refractivity contribution in [3.8, 4) is 0 Å². The van der Waals surface area contributed by atoms with Gasteiger partial charge in [0.15, 0.2) is 0 Å². The second-order valence-electron chi connectivity index (χ2n) is 3.77. The Hall–Kier alpha value is -0.580. The summed E-state index contributed by atoms with van der Waals surface area (Å²) in [5.74, 6) is 0. The van der Waals surface area contributed by atoms with E-state index in [0.717, 1.165) is 23.3 Å². The molecule has 0 aliphatic heterocycles. The zero-order valence-corrected chi connectivity index (χ0v) is 12.0. The summed E-state index contributed by atoms with van der Waals surface area (Å²) in [6, 6.07) is 8.10. The smallest absolute Gasteiger partial charge is 0.0781 e. The Kier molecular flexibility index (Phi) is 7.24. The monoisotopic (exact) mass is 301 g/mol. The van der Waals surface area contributed by atoms with Crippen molar-refractivity contribution in [2.45, 2.75) is 20.0 Å². The Balaban J connectivity index is 2.09. The topological polar surface area (TPSA) is 30.5 Å². The van der Waals surface area contributed by atoms with Crippen LogP contribution in [-0.4, -0.2) is 32.5 Å². The number of benzene rings is 1. The molecule has 0 saturated heterocycles. The lowest BCUT2D eigenvalue weighted by molar-refractivity contribution is 0.000871. The van der Waals surface area contributed by atoms with Gasteiger partial charge in [-0.05, 0) is 38.1 Å². The minimum absolute atomic E-state index is 0.154. The van der Waals surface area contributed by atoms with E-state index in [-0.39, 0.29) is 6.10 Å². The summed E-state index contributed by atoms with van der Waals surface area (Å²) in [5.41, 5.74) is 1.11. The van der Waals surface area contributed by atoms with Crippen LogP contribution in [0, 0.1) is 0 Å². The Morgan fingerprint density at radius 1 is 1.29 bits per heavy atom. The molecule has 0 fully saturated rings. The zero-order chi connectivity index (χ0) is 12.5. The minimum Gasteiger partial charge on any atom is -0.383 e. The van der Waals surface area contributed by atoms with Crippen molar-refractivity contribution in [2.75, 3.05) is 31.7 Å². The lowest BCUT2D eigenvalue weighted by Crippen LogP contribution is -2.20. The Labute approximate surface area is 112 Å². The quantitative estimate of drug-likeness (QED) is 0.747. The van der Waals surface area contributed by atoms with Gasteiger partial charge in [0.2, 0.25) is 0 Å². The predicted octanol–water partition coefficient (Wildman–Crippen LogP) is 3.30. The molecule has 4 heteroatoms. The largest absolute Gasteiger partial charge is 0.383 e. The molecule has 0 saturated carbocycles. The molecule has 1 aromatic rings. The molecule has 0 aliphatic rings. The van der Waals surface area contributed by atoms with Gasteiger partial charge in [-0.2, -0.15) is 0 Å². The maximum atomic E-state index is 5.59. The van der Waals surface area contributed by atoms with Crippen LogP contribution in [0.1, 0.15) is 13.8 Å². The molecule has 0 amide bonds. The SMILES string of the molecule is CCOCC(C)OCCNc1ccc(Br)cc1. The van der Waals surface area contributed by atoms with Crippen molar-refractivity contribution in [2.24, 2.45) is 0 Å². The third-order valence-corrected chi connectivity index (χ3v) is 2.76. The summed E-state index contributed by atoms with van der Waals surface area (Å²) in [6.45, 7) is 6.90. The highest BCUT2D eigenvalue weighted by Gasteiger charge is 2.00. The highest BCUT2D eigenvalue weighted by molar-refractivity contribution is 9.10. The molecule has 0 aliphatic carbocycles. The standard InChI is InChI=1S/C13H20BrNO2/c1-3-16-10-11(2)17-9-8-15-13-6-4-12(14)5-7-13/h4-7,11,15H,3,8-10H2,1-2H3. The fourth-order valence-electron chi connectivity index (χ4n) is 1.36. The van der Waals surface area contributed by atoms with Gasteiger partial charge < -0.3 is 14.8 Å². The number of hydrogen-bond donors (Lipinski definition) is 1. The molecule has 1 rings (SSSR count). The van der Waals surface area contributed by atoms with Crippen molar-refractivity contribution in [1.29, 1.82) is 0 Å². The van der Waals surface area contributed by atoms with Gasteiger partial charge in [-0.15, -0.1) is 0 Å². The summed E-state index contributed by atoms with van der Waals surface area (Å²) in [7, 11) is 0. The molecule has 3 nitrogen and oxygen atoms in total. The average molecular weight is 302 g/mol. The summed E-state index contributed by atoms with van der Waals surface area (Å²) in [5, 5.41) is 3.30. The van der Waals surface area contributed by atoms with Gasteiger partial charge in [-0.3, -0.25) is 0 Å². The van der Waals surface area contributed by atoms with E-state index >= 15 is 0 Å². The zero-order valence-electron chi connectivity index (χ0n) is 10.4. The van der Waals surface area contributed by atoms with E-state index in [1.165, 1.54) is 0 Å². The molecular weight excluding hydrogens is 282 g/mol. The fourth-order valence-corrected chi connectivity index (χ4v) is 1.62. The van der Waals surface area contributed by atoms with Crippen molar-refractivity contribution < 1.29 is 9.47 Å². The Morgan fingerprint density at radius 2 is 2.00 bits per heavy atom. The van der Waals surface area contributed by atoms with Crippen molar-refractivity contribution in [3.05, 3.63) is 28.7 Å². The van der Waals surface area contributed by atoms with E-state index in [2.05, 4.69) is 21.2 Å². The predicted molar refractivity (Wildman–Crippen MR) is 74.5 cm³/mol. The second-order valence-corrected chi connectivity index (χ2v) is 4.69. The maximum Gasteiger partial charge on any atom is 0.0781 e. The van der Waals surface area contributed by atoms with Gasteiger partial charge >= 0.3 is 0 Å². The molecule has 0 aromatic heterocycles. The van der Waals surface area contributed by atoms with Crippen LogP contribution in [0.5, 0.6) is 0 Å². The third kappa shape index (κ3) is 6.66. The molecule has 1 aromatic carbocycles. The first-order valence-electron chi connectivity index (χ1n) is 5.91. The van der Waals surface area contributed by atoms with Gasteiger partial charge in [-0.25, -0.2) is 0 Å². The lowest BCUT2D eigenvalue weighted by Gasteiger charge is -2.13. The summed E-state index contributed by atoms with van der Waals surface area (Å²) in [6.07, 6.45) is 0.154. The molecule has 1 atom stereocenters. The first kappa shape index (κ1) is 14.5. The van der Waals surface area contributed by atoms with Gasteiger partial charge in [0.1, 0.15) is 0 Å². The van der Waals surface area contributed by atoms with Crippen molar-refractivity contribution >= 4 is 21.6 Å². The van der Waals surface area contributed by atoms with Crippen molar-refractivity contribution in [1.82, 2.24) is 0 Å². The molecule has 1 N–H and O–H groups in total.